The smallest absolute Gasteiger partial charge is 0.136 e. The first-order valence-electron chi connectivity index (χ1n) is 7.28. The van der Waals surface area contributed by atoms with E-state index in [0.717, 1.165) is 20.1 Å². The number of benzene rings is 3. The van der Waals surface area contributed by atoms with Gasteiger partial charge >= 0.3 is 0 Å². The molecule has 0 fully saturated rings. The molecule has 25 heavy (non-hydrogen) atoms. The Hall–Kier alpha value is -2.60. The zero-order valence-corrected chi connectivity index (χ0v) is 16.0. The Labute approximate surface area is 162 Å². The molecule has 5 heteroatoms. The van der Waals surface area contributed by atoms with Gasteiger partial charge in [0.2, 0.25) is 0 Å². The van der Waals surface area contributed by atoms with Gasteiger partial charge in [-0.25, -0.2) is 0 Å². The average Bonchev–Trinajstić information content (AvgIpc) is 2.63. The van der Waals surface area contributed by atoms with Crippen LogP contribution in [0.25, 0.3) is 11.1 Å². The number of hydrogen-bond acceptors (Lipinski definition) is 3. The minimum atomic E-state index is 0.292. The van der Waals surface area contributed by atoms with Crippen LogP contribution in [0.3, 0.4) is 0 Å². The van der Waals surface area contributed by atoms with Crippen LogP contribution in [0.1, 0.15) is 11.1 Å². The van der Waals surface area contributed by atoms with Gasteiger partial charge in [0.1, 0.15) is 23.6 Å². The second-order valence-corrected chi connectivity index (χ2v) is 7.01. The summed E-state index contributed by atoms with van der Waals surface area (Å²) in [6.45, 7) is 0. The van der Waals surface area contributed by atoms with Gasteiger partial charge in [0, 0.05) is 14.5 Å². The van der Waals surface area contributed by atoms with Crippen LogP contribution in [0.15, 0.2) is 69.6 Å². The van der Waals surface area contributed by atoms with Gasteiger partial charge in [-0.3, -0.25) is 0 Å². The molecule has 0 saturated heterocycles. The van der Waals surface area contributed by atoms with E-state index in [4.69, 9.17) is 10.00 Å². The van der Waals surface area contributed by atoms with Crippen LogP contribution in [-0.4, -0.2) is 0 Å². The minimum absolute atomic E-state index is 0.292. The number of ether oxygens (including phenoxy) is 1. The van der Waals surface area contributed by atoms with E-state index in [2.05, 4.69) is 31.9 Å². The lowest BCUT2D eigenvalue weighted by Crippen LogP contribution is -1.91. The molecule has 3 nitrogen and oxygen atoms in total. The standard InChI is InChI=1S/C20H10Br2N2O/c21-16-4-1-13(2-5-16)19-8-6-17(22)10-20(19)25-18-7-3-14(11-23)15(9-18)12-24/h1-10H. The summed E-state index contributed by atoms with van der Waals surface area (Å²) < 4.78 is 7.90. The highest BCUT2D eigenvalue weighted by atomic mass is 79.9. The summed E-state index contributed by atoms with van der Waals surface area (Å²) in [6.07, 6.45) is 0. The molecule has 0 atom stereocenters. The summed E-state index contributed by atoms with van der Waals surface area (Å²) in [5.74, 6) is 1.16. The van der Waals surface area contributed by atoms with Crippen molar-refractivity contribution in [2.24, 2.45) is 0 Å². The summed E-state index contributed by atoms with van der Waals surface area (Å²) >= 11 is 6.90. The number of halogens is 2. The van der Waals surface area contributed by atoms with Crippen molar-refractivity contribution in [3.8, 4) is 34.8 Å². The molecule has 0 unspecified atom stereocenters. The van der Waals surface area contributed by atoms with Gasteiger partial charge in [0.25, 0.3) is 0 Å². The van der Waals surface area contributed by atoms with E-state index in [0.29, 0.717) is 22.6 Å². The Bertz CT molecular complexity index is 1020. The first-order chi connectivity index (χ1) is 12.1. The predicted molar refractivity (Wildman–Crippen MR) is 103 cm³/mol. The lowest BCUT2D eigenvalue weighted by atomic mass is 10.0. The molecule has 0 spiro atoms. The normalized spacial score (nSPS) is 9.92. The fraction of sp³-hybridized carbons (Fsp3) is 0. The van der Waals surface area contributed by atoms with Crippen LogP contribution in [0.5, 0.6) is 11.5 Å². The molecule has 3 aromatic carbocycles. The van der Waals surface area contributed by atoms with Crippen LogP contribution >= 0.6 is 31.9 Å². The molecule has 0 amide bonds. The van der Waals surface area contributed by atoms with Crippen molar-refractivity contribution in [1.82, 2.24) is 0 Å². The highest BCUT2D eigenvalue weighted by molar-refractivity contribution is 9.10. The maximum atomic E-state index is 9.17. The maximum absolute atomic E-state index is 9.17. The lowest BCUT2D eigenvalue weighted by Gasteiger charge is -2.13. The predicted octanol–water partition coefficient (Wildman–Crippen LogP) is 6.41. The lowest BCUT2D eigenvalue weighted by molar-refractivity contribution is 0.484. The van der Waals surface area contributed by atoms with Crippen LogP contribution < -0.4 is 4.74 Å². The van der Waals surface area contributed by atoms with Gasteiger partial charge in [-0.15, -0.1) is 0 Å². The molecule has 0 aliphatic heterocycles. The first-order valence-corrected chi connectivity index (χ1v) is 8.87. The van der Waals surface area contributed by atoms with E-state index in [-0.39, 0.29) is 0 Å². The molecule has 0 saturated carbocycles. The van der Waals surface area contributed by atoms with Crippen molar-refractivity contribution in [2.75, 3.05) is 0 Å². The van der Waals surface area contributed by atoms with Crippen LogP contribution in [0.4, 0.5) is 0 Å². The quantitative estimate of drug-likeness (QED) is 0.460. The van der Waals surface area contributed by atoms with E-state index in [1.807, 2.05) is 54.6 Å². The monoisotopic (exact) mass is 452 g/mol. The third-order valence-electron chi connectivity index (χ3n) is 3.56. The molecule has 0 N–H and O–H groups in total. The van der Waals surface area contributed by atoms with Gasteiger partial charge in [0.05, 0.1) is 11.1 Å². The highest BCUT2D eigenvalue weighted by Crippen LogP contribution is 2.36. The van der Waals surface area contributed by atoms with Crippen LogP contribution in [-0.2, 0) is 0 Å². The molecule has 0 aliphatic carbocycles. The summed E-state index contributed by atoms with van der Waals surface area (Å²) in [5, 5.41) is 18.2. The Morgan fingerprint density at radius 1 is 0.720 bits per heavy atom. The molecule has 0 bridgehead atoms. The fourth-order valence-corrected chi connectivity index (χ4v) is 2.96. The minimum Gasteiger partial charge on any atom is -0.457 e. The summed E-state index contributed by atoms with van der Waals surface area (Å²) in [4.78, 5) is 0. The molecule has 3 aromatic rings. The molecule has 0 heterocycles. The Balaban J connectivity index is 2.03. The third-order valence-corrected chi connectivity index (χ3v) is 4.58. The summed E-state index contributed by atoms with van der Waals surface area (Å²) in [5.41, 5.74) is 2.57. The van der Waals surface area contributed by atoms with Gasteiger partial charge in [-0.2, -0.15) is 10.5 Å². The van der Waals surface area contributed by atoms with Gasteiger partial charge < -0.3 is 4.74 Å². The van der Waals surface area contributed by atoms with E-state index >= 15 is 0 Å². The summed E-state index contributed by atoms with van der Waals surface area (Å²) in [6, 6.07) is 22.6. The van der Waals surface area contributed by atoms with Gasteiger partial charge in [-0.05, 0) is 54.1 Å². The zero-order valence-electron chi connectivity index (χ0n) is 12.8. The van der Waals surface area contributed by atoms with Crippen molar-refractivity contribution in [2.45, 2.75) is 0 Å². The van der Waals surface area contributed by atoms with Crippen LogP contribution in [0, 0.1) is 22.7 Å². The van der Waals surface area contributed by atoms with Crippen molar-refractivity contribution >= 4 is 31.9 Å². The highest BCUT2D eigenvalue weighted by Gasteiger charge is 2.10. The molecule has 0 aromatic heterocycles. The van der Waals surface area contributed by atoms with Crippen molar-refractivity contribution in [3.63, 3.8) is 0 Å². The van der Waals surface area contributed by atoms with Crippen molar-refractivity contribution in [3.05, 3.63) is 80.7 Å². The fourth-order valence-electron chi connectivity index (χ4n) is 2.35. The van der Waals surface area contributed by atoms with Crippen molar-refractivity contribution in [1.29, 1.82) is 10.5 Å². The molecule has 3 rings (SSSR count). The molecule has 0 radical (unpaired) electrons. The molecule has 0 aliphatic rings. The van der Waals surface area contributed by atoms with Gasteiger partial charge in [-0.1, -0.05) is 44.0 Å². The Kier molecular flexibility index (Phi) is 5.19. The SMILES string of the molecule is N#Cc1ccc(Oc2cc(Br)ccc2-c2ccc(Br)cc2)cc1C#N. The topological polar surface area (TPSA) is 56.8 Å². The molecule has 120 valence electrons. The largest absolute Gasteiger partial charge is 0.457 e. The van der Waals surface area contributed by atoms with E-state index < -0.39 is 0 Å². The number of hydrogen-bond donors (Lipinski definition) is 0. The van der Waals surface area contributed by atoms with Crippen molar-refractivity contribution < 1.29 is 4.74 Å². The second-order valence-electron chi connectivity index (χ2n) is 5.18. The molecular weight excluding hydrogens is 444 g/mol. The zero-order chi connectivity index (χ0) is 17.8. The number of rotatable bonds is 3. The Morgan fingerprint density at radius 3 is 2.08 bits per heavy atom. The van der Waals surface area contributed by atoms with Gasteiger partial charge in [0.15, 0.2) is 0 Å². The van der Waals surface area contributed by atoms with E-state index in [1.165, 1.54) is 0 Å². The van der Waals surface area contributed by atoms with Crippen LogP contribution in [0.2, 0.25) is 0 Å². The molecular formula is C20H10Br2N2O. The summed E-state index contributed by atoms with van der Waals surface area (Å²) in [7, 11) is 0. The van der Waals surface area contributed by atoms with E-state index in [1.54, 1.807) is 18.2 Å². The third kappa shape index (κ3) is 3.91. The maximum Gasteiger partial charge on any atom is 0.136 e. The second kappa shape index (κ2) is 7.53. The first kappa shape index (κ1) is 17.2. The average molecular weight is 454 g/mol. The number of nitrogens with zero attached hydrogens (tertiary/aromatic N) is 2. The van der Waals surface area contributed by atoms with E-state index in [9.17, 15) is 5.26 Å². The number of nitriles is 2. The Morgan fingerprint density at radius 2 is 1.40 bits per heavy atom.